The molecule has 94 valence electrons. The molecule has 18 heavy (non-hydrogen) atoms. The van der Waals surface area contributed by atoms with Crippen LogP contribution in [0.15, 0.2) is 39.4 Å². The number of aryl methyl sites for hydroxylation is 1. The second-order valence-corrected chi connectivity index (χ2v) is 5.30. The van der Waals surface area contributed by atoms with Crippen molar-refractivity contribution in [3.05, 3.63) is 45.1 Å². The molecule has 2 rings (SSSR count). The van der Waals surface area contributed by atoms with Crippen LogP contribution in [0.2, 0.25) is 0 Å². The van der Waals surface area contributed by atoms with Crippen LogP contribution in [0.25, 0.3) is 0 Å². The van der Waals surface area contributed by atoms with Crippen LogP contribution in [0.4, 0.5) is 5.69 Å². The minimum Gasteiger partial charge on any atom is -0.320 e. The average molecular weight is 373 g/mol. The number of rotatable bonds is 3. The van der Waals surface area contributed by atoms with Crippen molar-refractivity contribution in [3.63, 3.8) is 0 Å². The Morgan fingerprint density at radius 1 is 1.33 bits per heavy atom. The molecule has 0 unspecified atom stereocenters. The Kier molecular flexibility index (Phi) is 4.19. The van der Waals surface area contributed by atoms with Crippen LogP contribution >= 0.6 is 31.9 Å². The molecule has 0 radical (unpaired) electrons. The van der Waals surface area contributed by atoms with Gasteiger partial charge in [0.1, 0.15) is 5.69 Å². The van der Waals surface area contributed by atoms with Crippen LogP contribution in [0, 0.1) is 0 Å². The van der Waals surface area contributed by atoms with Gasteiger partial charge in [-0.1, -0.05) is 12.1 Å². The molecule has 0 bridgehead atoms. The van der Waals surface area contributed by atoms with Crippen molar-refractivity contribution in [2.75, 3.05) is 5.32 Å². The number of halogens is 2. The van der Waals surface area contributed by atoms with Gasteiger partial charge in [-0.25, -0.2) is 0 Å². The number of carbonyl (C=O) groups is 1. The molecule has 1 amide bonds. The fourth-order valence-electron chi connectivity index (χ4n) is 1.57. The summed E-state index contributed by atoms with van der Waals surface area (Å²) in [6, 6.07) is 7.48. The molecule has 0 atom stereocenters. The van der Waals surface area contributed by atoms with Crippen molar-refractivity contribution in [2.45, 2.75) is 13.5 Å². The van der Waals surface area contributed by atoms with Crippen molar-refractivity contribution in [1.29, 1.82) is 0 Å². The highest BCUT2D eigenvalue weighted by Gasteiger charge is 2.17. The molecule has 1 aromatic carbocycles. The van der Waals surface area contributed by atoms with E-state index in [2.05, 4.69) is 42.3 Å². The smallest absolute Gasteiger partial charge is 0.275 e. The van der Waals surface area contributed by atoms with Crippen LogP contribution < -0.4 is 5.32 Å². The predicted molar refractivity (Wildman–Crippen MR) is 77.7 cm³/mol. The van der Waals surface area contributed by atoms with Crippen LogP contribution in [0.1, 0.15) is 17.4 Å². The highest BCUT2D eigenvalue weighted by atomic mass is 79.9. The lowest BCUT2D eigenvalue weighted by Crippen LogP contribution is -2.18. The normalized spacial score (nSPS) is 10.4. The van der Waals surface area contributed by atoms with Crippen LogP contribution in [0.3, 0.4) is 0 Å². The van der Waals surface area contributed by atoms with Crippen molar-refractivity contribution >= 4 is 43.5 Å². The lowest BCUT2D eigenvalue weighted by atomic mass is 10.3. The van der Waals surface area contributed by atoms with Gasteiger partial charge < -0.3 is 5.32 Å². The maximum Gasteiger partial charge on any atom is 0.275 e. The molecule has 0 aliphatic heterocycles. The first kappa shape index (κ1) is 13.3. The first-order chi connectivity index (χ1) is 8.63. The number of para-hydroxylation sites is 1. The fourth-order valence-corrected chi connectivity index (χ4v) is 2.43. The van der Waals surface area contributed by atoms with Gasteiger partial charge in [-0.05, 0) is 50.9 Å². The third kappa shape index (κ3) is 2.64. The minimum atomic E-state index is -0.187. The zero-order chi connectivity index (χ0) is 13.1. The number of nitrogens with one attached hydrogen (secondary N) is 1. The van der Waals surface area contributed by atoms with Gasteiger partial charge in [-0.15, -0.1) is 0 Å². The molecular formula is C12H11Br2N3O. The number of benzene rings is 1. The number of anilines is 1. The summed E-state index contributed by atoms with van der Waals surface area (Å²) in [4.78, 5) is 12.2. The molecule has 0 spiro atoms. The monoisotopic (exact) mass is 371 g/mol. The third-order valence-corrected chi connectivity index (χ3v) is 3.70. The van der Waals surface area contributed by atoms with Crippen molar-refractivity contribution < 1.29 is 4.79 Å². The molecule has 1 N–H and O–H groups in total. The van der Waals surface area contributed by atoms with Crippen molar-refractivity contribution in [2.24, 2.45) is 0 Å². The Balaban J connectivity index is 2.28. The van der Waals surface area contributed by atoms with Crippen LogP contribution in [0.5, 0.6) is 0 Å². The van der Waals surface area contributed by atoms with E-state index < -0.39 is 0 Å². The summed E-state index contributed by atoms with van der Waals surface area (Å²) in [5.74, 6) is -0.187. The Labute approximate surface area is 122 Å². The van der Waals surface area contributed by atoms with E-state index >= 15 is 0 Å². The van der Waals surface area contributed by atoms with E-state index in [4.69, 9.17) is 0 Å². The Morgan fingerprint density at radius 2 is 2.06 bits per heavy atom. The van der Waals surface area contributed by atoms with Gasteiger partial charge in [0, 0.05) is 11.0 Å². The molecule has 2 aromatic rings. The lowest BCUT2D eigenvalue weighted by Gasteiger charge is -2.08. The molecule has 0 saturated heterocycles. The summed E-state index contributed by atoms with van der Waals surface area (Å²) in [5.41, 5.74) is 1.26. The molecule has 6 heteroatoms. The second-order valence-electron chi connectivity index (χ2n) is 3.59. The number of amides is 1. The van der Waals surface area contributed by atoms with E-state index in [0.29, 0.717) is 16.7 Å². The minimum absolute atomic E-state index is 0.187. The summed E-state index contributed by atoms with van der Waals surface area (Å²) < 4.78 is 3.18. The van der Waals surface area contributed by atoms with E-state index in [0.717, 1.165) is 10.2 Å². The summed E-state index contributed by atoms with van der Waals surface area (Å²) in [5, 5.41) is 6.97. The van der Waals surface area contributed by atoms with E-state index in [-0.39, 0.29) is 5.91 Å². The summed E-state index contributed by atoms with van der Waals surface area (Å²) in [7, 11) is 0. The standard InChI is InChI=1S/C12H11Br2N3O/c1-2-17-11(9(14)7-15-17)12(18)16-10-6-4-3-5-8(10)13/h3-7H,2H2,1H3,(H,16,18). The van der Waals surface area contributed by atoms with Gasteiger partial charge in [-0.2, -0.15) is 5.10 Å². The summed E-state index contributed by atoms with van der Waals surface area (Å²) in [6.45, 7) is 2.58. The Hall–Kier alpha value is -1.14. The van der Waals surface area contributed by atoms with Crippen molar-refractivity contribution in [3.8, 4) is 0 Å². The predicted octanol–water partition coefficient (Wildman–Crippen LogP) is 3.68. The van der Waals surface area contributed by atoms with Gasteiger partial charge in [0.15, 0.2) is 0 Å². The summed E-state index contributed by atoms with van der Waals surface area (Å²) in [6.07, 6.45) is 1.62. The molecule has 0 aliphatic rings. The number of hydrogen-bond donors (Lipinski definition) is 1. The highest BCUT2D eigenvalue weighted by Crippen LogP contribution is 2.23. The lowest BCUT2D eigenvalue weighted by molar-refractivity contribution is 0.101. The maximum atomic E-state index is 12.2. The van der Waals surface area contributed by atoms with E-state index in [1.165, 1.54) is 0 Å². The van der Waals surface area contributed by atoms with Gasteiger partial charge in [0.25, 0.3) is 5.91 Å². The molecule has 4 nitrogen and oxygen atoms in total. The van der Waals surface area contributed by atoms with Gasteiger partial charge in [0.2, 0.25) is 0 Å². The molecule has 0 aliphatic carbocycles. The van der Waals surface area contributed by atoms with Crippen LogP contribution in [-0.4, -0.2) is 15.7 Å². The van der Waals surface area contributed by atoms with E-state index in [1.54, 1.807) is 10.9 Å². The maximum absolute atomic E-state index is 12.2. The number of carbonyl (C=O) groups excluding carboxylic acids is 1. The summed E-state index contributed by atoms with van der Waals surface area (Å²) >= 11 is 6.73. The first-order valence-electron chi connectivity index (χ1n) is 5.40. The first-order valence-corrected chi connectivity index (χ1v) is 6.99. The molecule has 0 saturated carbocycles. The molecule has 0 fully saturated rings. The average Bonchev–Trinajstić information content (AvgIpc) is 2.73. The topological polar surface area (TPSA) is 46.9 Å². The number of aromatic nitrogens is 2. The van der Waals surface area contributed by atoms with Gasteiger partial charge in [-0.3, -0.25) is 9.48 Å². The molecule has 1 heterocycles. The zero-order valence-corrected chi connectivity index (χ0v) is 12.8. The van der Waals surface area contributed by atoms with E-state index in [9.17, 15) is 4.79 Å². The quantitative estimate of drug-likeness (QED) is 0.893. The Bertz CT molecular complexity index is 580. The van der Waals surface area contributed by atoms with Gasteiger partial charge in [0.05, 0.1) is 16.4 Å². The second kappa shape index (κ2) is 5.67. The molecule has 1 aromatic heterocycles. The van der Waals surface area contributed by atoms with Gasteiger partial charge >= 0.3 is 0 Å². The Morgan fingerprint density at radius 3 is 2.72 bits per heavy atom. The van der Waals surface area contributed by atoms with E-state index in [1.807, 2.05) is 31.2 Å². The van der Waals surface area contributed by atoms with Crippen molar-refractivity contribution in [1.82, 2.24) is 9.78 Å². The molecular weight excluding hydrogens is 362 g/mol. The highest BCUT2D eigenvalue weighted by molar-refractivity contribution is 9.11. The zero-order valence-electron chi connectivity index (χ0n) is 9.65. The largest absolute Gasteiger partial charge is 0.320 e. The SMILES string of the molecule is CCn1ncc(Br)c1C(=O)Nc1ccccc1Br. The number of nitrogens with zero attached hydrogens (tertiary/aromatic N) is 2. The number of hydrogen-bond acceptors (Lipinski definition) is 2. The third-order valence-electron chi connectivity index (χ3n) is 2.43. The fraction of sp³-hybridized carbons (Fsp3) is 0.167. The van der Waals surface area contributed by atoms with Crippen LogP contribution in [-0.2, 0) is 6.54 Å².